The van der Waals surface area contributed by atoms with Crippen molar-refractivity contribution in [2.75, 3.05) is 25.6 Å². The van der Waals surface area contributed by atoms with E-state index in [1.54, 1.807) is 29.2 Å². The second-order valence-electron chi connectivity index (χ2n) is 17.6. The fourth-order valence-electron chi connectivity index (χ4n) is 7.90. The molecule has 0 aliphatic carbocycles. The second kappa shape index (κ2) is 36.3. The van der Waals surface area contributed by atoms with Crippen molar-refractivity contribution in [2.45, 2.75) is 97.6 Å². The van der Waals surface area contributed by atoms with E-state index >= 15 is 0 Å². The molecule has 2 fully saturated rings. The summed E-state index contributed by atoms with van der Waals surface area (Å²) in [5, 5.41) is 9.10. The lowest BCUT2D eigenvalue weighted by Crippen LogP contribution is -2.47. The van der Waals surface area contributed by atoms with Crippen LogP contribution in [0, 0.1) is 143 Å². The zero-order chi connectivity index (χ0) is 57.0. The molecule has 3 aromatic carbocycles. The third-order valence-corrected chi connectivity index (χ3v) is 12.0. The third-order valence-electron chi connectivity index (χ3n) is 12.0. The van der Waals surface area contributed by atoms with E-state index < -0.39 is 18.1 Å². The molecular weight excluding hydrogens is 1000 g/mol. The van der Waals surface area contributed by atoms with Crippen molar-refractivity contribution in [1.29, 1.82) is 0 Å². The Morgan fingerprint density at radius 3 is 1.38 bits per heavy atom. The van der Waals surface area contributed by atoms with E-state index in [0.29, 0.717) is 62.9 Å². The van der Waals surface area contributed by atoms with Gasteiger partial charge in [-0.1, -0.05) is 81.9 Å². The summed E-state index contributed by atoms with van der Waals surface area (Å²) in [6.07, 6.45) is 9.13. The normalized spacial score (nSPS) is 13.3. The quantitative estimate of drug-likeness (QED) is 0.0675. The van der Waals surface area contributed by atoms with Gasteiger partial charge in [-0.2, -0.15) is 0 Å². The molecule has 4 amide bonds. The minimum atomic E-state index is -0.959. The number of aliphatic carboxylic acids is 1. The summed E-state index contributed by atoms with van der Waals surface area (Å²) in [6, 6.07) is 27.2. The van der Waals surface area contributed by atoms with Gasteiger partial charge in [-0.25, -0.2) is 4.79 Å². The van der Waals surface area contributed by atoms with E-state index in [1.165, 1.54) is 16.8 Å². The molecule has 0 bridgehead atoms. The van der Waals surface area contributed by atoms with Crippen LogP contribution in [0.3, 0.4) is 0 Å². The topological polar surface area (TPSA) is 173 Å². The predicted octanol–water partition coefficient (Wildman–Crippen LogP) is 11.4. The number of carboxylic acid groups (broad SMARTS) is 1. The van der Waals surface area contributed by atoms with E-state index in [2.05, 4.69) is 135 Å². The minimum Gasteiger partial charge on any atom is -0.480 e. The molecule has 0 aromatic heterocycles. The van der Waals surface area contributed by atoms with E-state index in [1.807, 2.05) is 74.5 Å². The van der Waals surface area contributed by atoms with Gasteiger partial charge in [0.05, 0.1) is 5.69 Å². The molecule has 2 heterocycles. The predicted molar refractivity (Wildman–Crippen MR) is 354 cm³/mol. The summed E-state index contributed by atoms with van der Waals surface area (Å²) in [7, 11) is 1.51. The SMILES string of the molecule is C.C#CC#CC#CC#CC#CC#CC#CC#CC#CC#CC#CN(C)C(=O)c1ccc(NNC(=O)[C@@H]2CCCN2C(=O)CCC(=O)[C@@H](C)Cc2ccccc2)cc1.C[C@@H](Cc1ccccc1)C(=O)CCC(=O)N1CCC[C@H]1C(=O)O.[HH].[HH].[HH].[HH].[HH].[HH].[HH].[HH].[HH].[HH].[HH].[HH].[HH].[HH].[HH].[HH].[HH].[HH].[HH].[HH].[HH].[HH]. The van der Waals surface area contributed by atoms with E-state index in [9.17, 15) is 33.6 Å². The van der Waals surface area contributed by atoms with Crippen molar-refractivity contribution >= 4 is 46.9 Å². The molecule has 80 heavy (non-hydrogen) atoms. The summed E-state index contributed by atoms with van der Waals surface area (Å²) in [4.78, 5) is 91.1. The van der Waals surface area contributed by atoms with Crippen LogP contribution < -0.4 is 10.9 Å². The first-order valence-electron chi connectivity index (χ1n) is 25.1. The molecule has 0 spiro atoms. The molecule has 3 aromatic rings. The maximum absolute atomic E-state index is 13.0. The maximum atomic E-state index is 13.0. The van der Waals surface area contributed by atoms with Gasteiger partial charge in [0, 0.05) is 172 Å². The van der Waals surface area contributed by atoms with Gasteiger partial charge in [-0.05, 0) is 121 Å². The van der Waals surface area contributed by atoms with Crippen LogP contribution in [-0.2, 0) is 41.6 Å². The highest BCUT2D eigenvalue weighted by atomic mass is 16.4. The lowest BCUT2D eigenvalue weighted by Gasteiger charge is -2.24. The number of carboxylic acids is 1. The number of likely N-dealkylation sites (tertiary alicyclic amines) is 2. The summed E-state index contributed by atoms with van der Waals surface area (Å²) < 4.78 is 0. The number of carbonyl (C=O) groups is 7. The van der Waals surface area contributed by atoms with Gasteiger partial charge in [-0.3, -0.25) is 44.5 Å². The molecule has 13 nitrogen and oxygen atoms in total. The smallest absolute Gasteiger partial charge is 0.326 e. The first-order chi connectivity index (χ1) is 38.3. The highest BCUT2D eigenvalue weighted by Crippen LogP contribution is 2.22. The van der Waals surface area contributed by atoms with Crippen LogP contribution in [0.4, 0.5) is 5.69 Å². The van der Waals surface area contributed by atoms with Crippen LogP contribution in [0.2, 0.25) is 0 Å². The molecule has 3 N–H and O–H groups in total. The van der Waals surface area contributed by atoms with Crippen molar-refractivity contribution in [2.24, 2.45) is 11.8 Å². The molecule has 2 aliphatic rings. The minimum absolute atomic E-state index is 0. The standard InChI is InChI=1S/C48H32N4O4.C18H23NO4.CH4.22H2/c1-4-5-6-7-8-9-10-11-12-13-14-15-16-17-18-19-20-21-22-26-37-51(3)48(56)42-31-33-43(34-32-42)49-50-47(55)44-30-27-38-52(44)46(54)36-35-45(53)40(2)39-41-28-24-23-25-29-41;1-13(12-14-6-3-2-4-7-14)16(20)9-10-17(21)19-11-5-8-15(19)18(22)23;;;;;;;;;;;;;;;;;;;;;;;/h1,23-25,28-29,31-34,40,44,49H,27,30,35-36,38-39H2,2-3H3,(H,50,55);2-4,6-7,13,15H,5,8-12H2,1H3,(H,22,23);1H4;22*1H/t40-,44-;13-,15-;;;;;;;;;;;;;;;;;;;;;;;/m00......................./s1. The first kappa shape index (κ1) is 63.6. The Morgan fingerprint density at radius 2 is 0.963 bits per heavy atom. The zero-order valence-corrected chi connectivity index (χ0v) is 44.1. The Bertz CT molecular complexity index is 3520. The number of hydrogen-bond acceptors (Lipinski definition) is 8. The zero-order valence-electron chi connectivity index (χ0n) is 44.1. The Labute approximate surface area is 503 Å². The van der Waals surface area contributed by atoms with Crippen molar-refractivity contribution in [3.63, 3.8) is 0 Å². The monoisotopic (exact) mass is 1110 g/mol. The third kappa shape index (κ3) is 23.5. The number of hydrazine groups is 1. The van der Waals surface area contributed by atoms with Crippen molar-refractivity contribution in [3.05, 3.63) is 102 Å². The number of amides is 4. The van der Waals surface area contributed by atoms with Crippen molar-refractivity contribution < 1.29 is 70.1 Å². The fraction of sp³-hybridized carbons (Fsp3) is 0.299. The first-order valence-corrected chi connectivity index (χ1v) is 25.1. The molecule has 4 atom stereocenters. The highest BCUT2D eigenvalue weighted by molar-refractivity contribution is 5.96. The fourth-order valence-corrected chi connectivity index (χ4v) is 7.90. The Balaban J connectivity index is -0.0000000713. The van der Waals surface area contributed by atoms with Crippen LogP contribution in [-0.4, -0.2) is 93.2 Å². The maximum Gasteiger partial charge on any atom is 0.326 e. The average Bonchev–Trinajstić information content (AvgIpc) is 1.67. The summed E-state index contributed by atoms with van der Waals surface area (Å²) in [6.45, 7) is 4.68. The lowest BCUT2D eigenvalue weighted by molar-refractivity contribution is -0.148. The number of benzene rings is 3. The summed E-state index contributed by atoms with van der Waals surface area (Å²) >= 11 is 0. The van der Waals surface area contributed by atoms with Gasteiger partial charge >= 0.3 is 5.97 Å². The number of ketones is 2. The van der Waals surface area contributed by atoms with E-state index in [4.69, 9.17) is 11.5 Å². The van der Waals surface area contributed by atoms with Gasteiger partial charge in [0.1, 0.15) is 23.7 Å². The van der Waals surface area contributed by atoms with Crippen LogP contribution in [0.1, 0.15) is 126 Å². The van der Waals surface area contributed by atoms with Gasteiger partial charge in [-0.15, -0.1) is 6.42 Å². The van der Waals surface area contributed by atoms with Crippen molar-refractivity contribution in [3.8, 4) is 131 Å². The van der Waals surface area contributed by atoms with Gasteiger partial charge in [0.2, 0.25) is 11.8 Å². The number of rotatable bonds is 17. The van der Waals surface area contributed by atoms with Crippen LogP contribution in [0.5, 0.6) is 0 Å². The molecule has 2 saturated heterocycles. The Morgan fingerprint density at radius 1 is 0.575 bits per heavy atom. The summed E-state index contributed by atoms with van der Waals surface area (Å²) in [5.74, 6) is 46.9. The number of nitrogens with zero attached hydrogens (tertiary/aromatic N) is 3. The number of terminal acetylenes is 1. The number of nitrogens with one attached hydrogen (secondary N) is 2. The average molecular weight is 1110 g/mol. The van der Waals surface area contributed by atoms with Gasteiger partial charge in [0.15, 0.2) is 0 Å². The number of carbonyl (C=O) groups excluding carboxylic acids is 6. The largest absolute Gasteiger partial charge is 0.480 e. The number of hydrogen-bond donors (Lipinski definition) is 3. The lowest BCUT2D eigenvalue weighted by atomic mass is 9.94. The van der Waals surface area contributed by atoms with Gasteiger partial charge in [0.25, 0.3) is 11.8 Å². The van der Waals surface area contributed by atoms with Gasteiger partial charge < -0.3 is 14.9 Å². The van der Waals surface area contributed by atoms with Crippen LogP contribution in [0.25, 0.3) is 0 Å². The van der Waals surface area contributed by atoms with Crippen LogP contribution in [0.15, 0.2) is 84.9 Å². The Kier molecular flexibility index (Phi) is 28.9. The molecule has 444 valence electrons. The molecule has 2 aliphatic heterocycles. The number of anilines is 1. The van der Waals surface area contributed by atoms with E-state index in [-0.39, 0.29) is 112 Å². The molecule has 5 rings (SSSR count). The highest BCUT2D eigenvalue weighted by Gasteiger charge is 2.35. The summed E-state index contributed by atoms with van der Waals surface area (Å²) in [5.41, 5.74) is 8.57. The molecule has 0 unspecified atom stereocenters. The van der Waals surface area contributed by atoms with E-state index in [0.717, 1.165) is 11.1 Å². The van der Waals surface area contributed by atoms with Crippen molar-refractivity contribution in [1.82, 2.24) is 20.1 Å². The van der Waals surface area contributed by atoms with Crippen LogP contribution >= 0.6 is 0 Å². The molecular formula is C67H103N5O8. The molecule has 0 saturated carbocycles. The Hall–Kier alpha value is -10.7. The number of Topliss-reactive ketones (excluding diaryl/α,β-unsaturated/α-hetero) is 2. The molecule has 13 heteroatoms. The second-order valence-corrected chi connectivity index (χ2v) is 17.6. The molecule has 0 radical (unpaired) electrons.